The first-order chi connectivity index (χ1) is 14.1. The summed E-state index contributed by atoms with van der Waals surface area (Å²) in [7, 11) is 0. The van der Waals surface area contributed by atoms with Crippen molar-refractivity contribution < 1.29 is 19.1 Å². The Morgan fingerprint density at radius 2 is 1.66 bits per heavy atom. The van der Waals surface area contributed by atoms with E-state index in [-0.39, 0.29) is 23.6 Å². The van der Waals surface area contributed by atoms with Crippen molar-refractivity contribution in [3.8, 4) is 0 Å². The molecule has 0 unspecified atom stereocenters. The van der Waals surface area contributed by atoms with Crippen LogP contribution in [0.4, 0.5) is 5.69 Å². The SMILES string of the molecule is O=C(Nc1cccc(C(=O)N2CCN(C(=O)C3CCCC3)CC2)c1)[C@@H]1CCCO1. The number of ether oxygens (including phenoxy) is 1. The van der Waals surface area contributed by atoms with Crippen LogP contribution in [0.1, 0.15) is 48.9 Å². The summed E-state index contributed by atoms with van der Waals surface area (Å²) in [5, 5.41) is 2.85. The van der Waals surface area contributed by atoms with E-state index in [2.05, 4.69) is 5.32 Å². The van der Waals surface area contributed by atoms with Gasteiger partial charge in [-0.1, -0.05) is 18.9 Å². The van der Waals surface area contributed by atoms with Crippen molar-refractivity contribution >= 4 is 23.4 Å². The van der Waals surface area contributed by atoms with E-state index in [0.29, 0.717) is 44.0 Å². The van der Waals surface area contributed by atoms with Gasteiger partial charge in [0.15, 0.2) is 0 Å². The van der Waals surface area contributed by atoms with Crippen molar-refractivity contribution in [2.24, 2.45) is 5.92 Å². The van der Waals surface area contributed by atoms with E-state index in [1.165, 1.54) is 0 Å². The molecule has 4 rings (SSSR count). The summed E-state index contributed by atoms with van der Waals surface area (Å²) in [5.74, 6) is 0.215. The van der Waals surface area contributed by atoms with Gasteiger partial charge in [0.05, 0.1) is 0 Å². The fourth-order valence-corrected chi connectivity index (χ4v) is 4.48. The third-order valence-corrected chi connectivity index (χ3v) is 6.18. The molecule has 1 N–H and O–H groups in total. The van der Waals surface area contributed by atoms with Crippen LogP contribution in [0.5, 0.6) is 0 Å². The van der Waals surface area contributed by atoms with Gasteiger partial charge in [0.2, 0.25) is 5.91 Å². The maximum Gasteiger partial charge on any atom is 0.254 e. The van der Waals surface area contributed by atoms with Gasteiger partial charge in [0.1, 0.15) is 6.10 Å². The van der Waals surface area contributed by atoms with E-state index in [4.69, 9.17) is 4.74 Å². The summed E-state index contributed by atoms with van der Waals surface area (Å²) in [6.45, 7) is 2.90. The molecular formula is C22H29N3O4. The van der Waals surface area contributed by atoms with Gasteiger partial charge in [-0.05, 0) is 43.9 Å². The van der Waals surface area contributed by atoms with Crippen LogP contribution in [-0.2, 0) is 14.3 Å². The number of amides is 3. The summed E-state index contributed by atoms with van der Waals surface area (Å²) in [6, 6.07) is 7.03. The van der Waals surface area contributed by atoms with Crippen molar-refractivity contribution in [2.45, 2.75) is 44.6 Å². The van der Waals surface area contributed by atoms with Gasteiger partial charge in [-0.25, -0.2) is 0 Å². The van der Waals surface area contributed by atoms with Gasteiger partial charge in [0.25, 0.3) is 11.8 Å². The summed E-state index contributed by atoms with van der Waals surface area (Å²) in [5.41, 5.74) is 1.15. The molecule has 1 aromatic carbocycles. The normalized spacial score (nSPS) is 22.7. The molecule has 3 aliphatic rings. The zero-order valence-electron chi connectivity index (χ0n) is 16.8. The zero-order chi connectivity index (χ0) is 20.2. The standard InChI is InChI=1S/C22H29N3O4/c26-20(19-9-4-14-29-19)23-18-8-3-7-17(15-18)22(28)25-12-10-24(11-13-25)21(27)16-5-1-2-6-16/h3,7-8,15-16,19H,1-2,4-6,9-14H2,(H,23,26)/t19-/m0/s1. The highest BCUT2D eigenvalue weighted by atomic mass is 16.5. The lowest BCUT2D eigenvalue weighted by molar-refractivity contribution is -0.136. The first kappa shape index (κ1) is 19.9. The van der Waals surface area contributed by atoms with Gasteiger partial charge >= 0.3 is 0 Å². The van der Waals surface area contributed by atoms with Crippen LogP contribution in [0.15, 0.2) is 24.3 Å². The van der Waals surface area contributed by atoms with Crippen LogP contribution >= 0.6 is 0 Å². The molecule has 1 atom stereocenters. The Morgan fingerprint density at radius 3 is 2.34 bits per heavy atom. The van der Waals surface area contributed by atoms with E-state index in [1.54, 1.807) is 29.2 Å². The molecule has 2 saturated heterocycles. The number of hydrogen-bond acceptors (Lipinski definition) is 4. The predicted molar refractivity (Wildman–Crippen MR) is 108 cm³/mol. The number of nitrogens with zero attached hydrogens (tertiary/aromatic N) is 2. The van der Waals surface area contributed by atoms with Gasteiger partial charge in [0, 0.05) is 50.0 Å². The topological polar surface area (TPSA) is 79.0 Å². The van der Waals surface area contributed by atoms with E-state index in [0.717, 1.165) is 38.5 Å². The first-order valence-electron chi connectivity index (χ1n) is 10.7. The molecule has 7 nitrogen and oxygen atoms in total. The fraction of sp³-hybridized carbons (Fsp3) is 0.591. The average Bonchev–Trinajstić information content (AvgIpc) is 3.47. The number of piperazine rings is 1. The van der Waals surface area contributed by atoms with Gasteiger partial charge < -0.3 is 19.9 Å². The molecular weight excluding hydrogens is 370 g/mol. The lowest BCUT2D eigenvalue weighted by Crippen LogP contribution is -2.51. The van der Waals surface area contributed by atoms with E-state index < -0.39 is 6.10 Å². The van der Waals surface area contributed by atoms with Gasteiger partial charge in [-0.15, -0.1) is 0 Å². The van der Waals surface area contributed by atoms with E-state index in [1.807, 2.05) is 4.90 Å². The second-order valence-electron chi connectivity index (χ2n) is 8.17. The van der Waals surface area contributed by atoms with Crippen LogP contribution in [0.2, 0.25) is 0 Å². The monoisotopic (exact) mass is 399 g/mol. The Balaban J connectivity index is 1.32. The smallest absolute Gasteiger partial charge is 0.254 e. The summed E-state index contributed by atoms with van der Waals surface area (Å²) in [4.78, 5) is 41.4. The maximum absolute atomic E-state index is 12.9. The molecule has 2 heterocycles. The number of nitrogens with one attached hydrogen (secondary N) is 1. The molecule has 29 heavy (non-hydrogen) atoms. The van der Waals surface area contributed by atoms with Crippen LogP contribution < -0.4 is 5.32 Å². The van der Waals surface area contributed by atoms with Gasteiger partial charge in [-0.2, -0.15) is 0 Å². The minimum atomic E-state index is -0.403. The average molecular weight is 399 g/mol. The number of anilines is 1. The quantitative estimate of drug-likeness (QED) is 0.843. The number of carbonyl (C=O) groups is 3. The molecule has 2 aliphatic heterocycles. The van der Waals surface area contributed by atoms with Crippen molar-refractivity contribution in [1.82, 2.24) is 9.80 Å². The molecule has 3 amide bonds. The second kappa shape index (κ2) is 8.95. The molecule has 156 valence electrons. The first-order valence-corrected chi connectivity index (χ1v) is 10.7. The molecule has 3 fully saturated rings. The van der Waals surface area contributed by atoms with Crippen molar-refractivity contribution in [3.63, 3.8) is 0 Å². The van der Waals surface area contributed by atoms with Crippen LogP contribution in [0.3, 0.4) is 0 Å². The Kier molecular flexibility index (Phi) is 6.13. The Labute approximate surface area is 171 Å². The largest absolute Gasteiger partial charge is 0.368 e. The van der Waals surface area contributed by atoms with Crippen molar-refractivity contribution in [2.75, 3.05) is 38.1 Å². The maximum atomic E-state index is 12.9. The minimum Gasteiger partial charge on any atom is -0.368 e. The molecule has 1 aliphatic carbocycles. The fourth-order valence-electron chi connectivity index (χ4n) is 4.48. The van der Waals surface area contributed by atoms with E-state index >= 15 is 0 Å². The third-order valence-electron chi connectivity index (χ3n) is 6.18. The molecule has 7 heteroatoms. The molecule has 0 bridgehead atoms. The van der Waals surface area contributed by atoms with Crippen molar-refractivity contribution in [3.05, 3.63) is 29.8 Å². The number of carbonyl (C=O) groups excluding carboxylic acids is 3. The number of benzene rings is 1. The summed E-state index contributed by atoms with van der Waals surface area (Å²) < 4.78 is 5.41. The zero-order valence-corrected chi connectivity index (χ0v) is 16.8. The van der Waals surface area contributed by atoms with Crippen LogP contribution in [-0.4, -0.2) is 66.4 Å². The Bertz CT molecular complexity index is 761. The highest BCUT2D eigenvalue weighted by Gasteiger charge is 2.31. The minimum absolute atomic E-state index is 0.0637. The van der Waals surface area contributed by atoms with Crippen molar-refractivity contribution in [1.29, 1.82) is 0 Å². The second-order valence-corrected chi connectivity index (χ2v) is 8.17. The highest BCUT2D eigenvalue weighted by molar-refractivity contribution is 5.98. The lowest BCUT2D eigenvalue weighted by Gasteiger charge is -2.36. The molecule has 1 aromatic rings. The van der Waals surface area contributed by atoms with Crippen LogP contribution in [0, 0.1) is 5.92 Å². The molecule has 0 aromatic heterocycles. The Hall–Kier alpha value is -2.41. The summed E-state index contributed by atoms with van der Waals surface area (Å²) in [6.07, 6.45) is 5.52. The molecule has 0 spiro atoms. The van der Waals surface area contributed by atoms with Crippen LogP contribution in [0.25, 0.3) is 0 Å². The van der Waals surface area contributed by atoms with E-state index in [9.17, 15) is 14.4 Å². The number of rotatable bonds is 4. The summed E-state index contributed by atoms with van der Waals surface area (Å²) >= 11 is 0. The third kappa shape index (κ3) is 4.61. The number of hydrogen-bond donors (Lipinski definition) is 1. The predicted octanol–water partition coefficient (Wildman–Crippen LogP) is 2.28. The molecule has 0 radical (unpaired) electrons. The van der Waals surface area contributed by atoms with Gasteiger partial charge in [-0.3, -0.25) is 14.4 Å². The molecule has 1 saturated carbocycles. The highest BCUT2D eigenvalue weighted by Crippen LogP contribution is 2.27. The lowest BCUT2D eigenvalue weighted by atomic mass is 10.1. The Morgan fingerprint density at radius 1 is 0.931 bits per heavy atom.